The van der Waals surface area contributed by atoms with Crippen molar-refractivity contribution in [1.82, 2.24) is 9.80 Å². The van der Waals surface area contributed by atoms with Crippen molar-refractivity contribution in [3.63, 3.8) is 0 Å². The molecule has 0 fully saturated rings. The molecule has 4 N–H and O–H groups in total. The maximum Gasteiger partial charge on any atom is 0.317 e. The maximum absolute atomic E-state index is 10.6. The molecule has 0 aromatic carbocycles. The van der Waals surface area contributed by atoms with E-state index in [4.69, 9.17) is 20.4 Å². The summed E-state index contributed by atoms with van der Waals surface area (Å²) in [4.78, 5) is 44.7. The van der Waals surface area contributed by atoms with Crippen LogP contribution in [0.25, 0.3) is 0 Å². The molecule has 12 heteroatoms. The Morgan fingerprint density at radius 2 is 0.783 bits per heavy atom. The molecule has 0 unspecified atom stereocenters. The Morgan fingerprint density at radius 1 is 0.565 bits per heavy atom. The van der Waals surface area contributed by atoms with Crippen molar-refractivity contribution < 1.29 is 39.6 Å². The number of carboxylic acids is 4. The van der Waals surface area contributed by atoms with Crippen molar-refractivity contribution in [3.05, 3.63) is 0 Å². The second-order valence-electron chi connectivity index (χ2n) is 4.35. The van der Waals surface area contributed by atoms with Crippen LogP contribution >= 0.6 is 0 Å². The van der Waals surface area contributed by atoms with Crippen LogP contribution in [0.3, 0.4) is 0 Å². The number of rotatable bonds is 12. The minimum Gasteiger partial charge on any atom is -0.480 e. The molecule has 0 heterocycles. The summed E-state index contributed by atoms with van der Waals surface area (Å²) in [5, 5.41) is 34.6. The zero-order valence-corrected chi connectivity index (χ0v) is 17.3. The molecule has 0 aliphatic heterocycles. The monoisotopic (exact) mass is 352 g/mol. The molecule has 0 saturated heterocycles. The predicted molar refractivity (Wildman–Crippen MR) is 79.5 cm³/mol. The van der Waals surface area contributed by atoms with Crippen molar-refractivity contribution in [2.75, 3.05) is 39.3 Å². The van der Waals surface area contributed by atoms with Gasteiger partial charge < -0.3 is 20.4 Å². The first-order valence-corrected chi connectivity index (χ1v) is 6.02. The fourth-order valence-electron chi connectivity index (χ4n) is 1.71. The van der Waals surface area contributed by atoms with Crippen molar-refractivity contribution in [1.29, 1.82) is 0 Å². The summed E-state index contributed by atoms with van der Waals surface area (Å²) in [7, 11) is 0. The molecule has 0 atom stereocenters. The van der Waals surface area contributed by atoms with Crippen molar-refractivity contribution in [3.8, 4) is 0 Å². The first kappa shape index (κ1) is 27.6. The van der Waals surface area contributed by atoms with Crippen LogP contribution in [0.2, 0.25) is 0 Å². The summed E-state index contributed by atoms with van der Waals surface area (Å²) in [6.07, 6.45) is 0.251. The predicted octanol–water partition coefficient (Wildman–Crippen LogP) is -2.44. The largest absolute Gasteiger partial charge is 0.480 e. The van der Waals surface area contributed by atoms with Crippen LogP contribution < -0.4 is 0 Å². The third kappa shape index (κ3) is 18.0. The fraction of sp³-hybridized carbons (Fsp3) is 0.636. The Hall–Kier alpha value is -0.200. The van der Waals surface area contributed by atoms with Gasteiger partial charge in [-0.3, -0.25) is 29.0 Å². The minimum absolute atomic E-state index is 0. The molecule has 0 aromatic heterocycles. The molecule has 0 aromatic rings. The van der Waals surface area contributed by atoms with E-state index >= 15 is 0 Å². The average Bonchev–Trinajstić information content (AvgIpc) is 2.24. The molecule has 122 valence electrons. The summed E-state index contributed by atoms with van der Waals surface area (Å²) in [6.45, 7) is -1.61. The van der Waals surface area contributed by atoms with Gasteiger partial charge in [0.1, 0.15) is 0 Å². The Balaban J connectivity index is -0.00000200. The topological polar surface area (TPSA) is 156 Å². The second kappa shape index (κ2) is 15.3. The van der Waals surface area contributed by atoms with E-state index in [0.717, 1.165) is 0 Å². The summed E-state index contributed by atoms with van der Waals surface area (Å²) in [6, 6.07) is 0. The molecule has 0 spiro atoms. The number of nitrogens with zero attached hydrogens (tertiary/aromatic N) is 2. The van der Waals surface area contributed by atoms with Gasteiger partial charge in [0, 0.05) is 72.2 Å². The third-order valence-electron chi connectivity index (χ3n) is 2.38. The van der Waals surface area contributed by atoms with Crippen LogP contribution in [-0.2, 0) is 19.2 Å². The molecule has 10 nitrogen and oxygen atoms in total. The van der Waals surface area contributed by atoms with Gasteiger partial charge >= 0.3 is 23.9 Å². The molecule has 0 rings (SSSR count). The van der Waals surface area contributed by atoms with Crippen LogP contribution in [0.15, 0.2) is 0 Å². The normalized spacial score (nSPS) is 9.83. The fourth-order valence-corrected chi connectivity index (χ4v) is 1.71. The van der Waals surface area contributed by atoms with Crippen LogP contribution in [0.4, 0.5) is 0 Å². The van der Waals surface area contributed by atoms with E-state index in [2.05, 4.69) is 0 Å². The average molecular weight is 352 g/mol. The molecule has 2 radical (unpaired) electrons. The van der Waals surface area contributed by atoms with E-state index in [1.54, 1.807) is 0 Å². The second-order valence-corrected chi connectivity index (χ2v) is 4.35. The molecule has 0 aliphatic rings. The molecule has 0 aliphatic carbocycles. The van der Waals surface area contributed by atoms with Crippen LogP contribution in [0.5, 0.6) is 0 Å². The summed E-state index contributed by atoms with van der Waals surface area (Å²) in [5.74, 6) is -4.71. The van der Waals surface area contributed by atoms with E-state index < -0.39 is 50.1 Å². The van der Waals surface area contributed by atoms with Gasteiger partial charge in [0.25, 0.3) is 0 Å². The van der Waals surface area contributed by atoms with E-state index in [1.165, 1.54) is 9.80 Å². The smallest absolute Gasteiger partial charge is 0.317 e. The van der Waals surface area contributed by atoms with Crippen molar-refractivity contribution >= 4 is 83.0 Å². The van der Waals surface area contributed by atoms with Gasteiger partial charge in [0.05, 0.1) is 26.2 Å². The van der Waals surface area contributed by atoms with E-state index in [0.29, 0.717) is 0 Å². The van der Waals surface area contributed by atoms with Gasteiger partial charge in [-0.05, 0) is 6.42 Å². The van der Waals surface area contributed by atoms with Gasteiger partial charge in [-0.25, -0.2) is 0 Å². The van der Waals surface area contributed by atoms with Crippen LogP contribution in [0, 0.1) is 0 Å². The maximum atomic E-state index is 10.6. The van der Waals surface area contributed by atoms with Gasteiger partial charge in [-0.1, -0.05) is 0 Å². The molecular weight excluding hydrogens is 334 g/mol. The number of carbonyl (C=O) groups is 4. The van der Waals surface area contributed by atoms with Crippen LogP contribution in [-0.4, -0.2) is 152 Å². The molecule has 23 heavy (non-hydrogen) atoms. The zero-order chi connectivity index (χ0) is 16.4. The number of hydrogen-bond acceptors (Lipinski definition) is 6. The molecule has 0 bridgehead atoms. The SMILES string of the molecule is O=C(O)CN(CCCN(CC(=O)O)CC(=O)O)CC(=O)O.[Na].[Na]. The molecular formula is C11H18N2Na2O8. The van der Waals surface area contributed by atoms with Crippen molar-refractivity contribution in [2.24, 2.45) is 0 Å². The minimum atomic E-state index is -1.18. The van der Waals surface area contributed by atoms with Crippen molar-refractivity contribution in [2.45, 2.75) is 6.42 Å². The van der Waals surface area contributed by atoms with Gasteiger partial charge in [0.2, 0.25) is 0 Å². The van der Waals surface area contributed by atoms with E-state index in [-0.39, 0.29) is 78.6 Å². The first-order chi connectivity index (χ1) is 9.70. The van der Waals surface area contributed by atoms with Gasteiger partial charge in [-0.15, -0.1) is 0 Å². The number of hydrogen-bond donors (Lipinski definition) is 4. The Kier molecular flexibility index (Phi) is 18.4. The first-order valence-electron chi connectivity index (χ1n) is 6.02. The van der Waals surface area contributed by atoms with E-state index in [1.807, 2.05) is 0 Å². The summed E-state index contributed by atoms with van der Waals surface area (Å²) >= 11 is 0. The van der Waals surface area contributed by atoms with Crippen LogP contribution in [0.1, 0.15) is 6.42 Å². The van der Waals surface area contributed by atoms with E-state index in [9.17, 15) is 19.2 Å². The number of aliphatic carboxylic acids is 4. The summed E-state index contributed by atoms with van der Waals surface area (Å²) in [5.41, 5.74) is 0. The number of carboxylic acid groups (broad SMARTS) is 4. The Morgan fingerprint density at radius 3 is 0.957 bits per heavy atom. The Bertz CT molecular complexity index is 339. The van der Waals surface area contributed by atoms with Gasteiger partial charge in [-0.2, -0.15) is 0 Å². The molecule has 0 saturated carbocycles. The molecule has 0 amide bonds. The zero-order valence-electron chi connectivity index (χ0n) is 13.3. The quantitative estimate of drug-likeness (QED) is 0.278. The third-order valence-corrected chi connectivity index (χ3v) is 2.38. The van der Waals surface area contributed by atoms with Gasteiger partial charge in [0.15, 0.2) is 0 Å². The summed E-state index contributed by atoms with van der Waals surface area (Å²) < 4.78 is 0. The standard InChI is InChI=1S/C11H18N2O8.2Na/c14-8(15)4-12(5-9(16)17)2-1-3-13(6-10(18)19)7-11(20)21;;/h1-7H2,(H,14,15)(H,16,17)(H,18,19)(H,20,21);;. The Labute approximate surface area is 177 Å².